The lowest BCUT2D eigenvalue weighted by atomic mass is 9.99. The normalized spacial score (nSPS) is 12.5. The third-order valence-corrected chi connectivity index (χ3v) is 7.36. The summed E-state index contributed by atoms with van der Waals surface area (Å²) in [5.74, 6) is -3.55. The van der Waals surface area contributed by atoms with E-state index < -0.39 is 53.4 Å². The zero-order valence-corrected chi connectivity index (χ0v) is 26.4. The number of rotatable bonds is 15. The molecule has 3 aromatic rings. The van der Waals surface area contributed by atoms with Crippen molar-refractivity contribution >= 4 is 23.9 Å². The first-order chi connectivity index (χ1) is 22.3. The van der Waals surface area contributed by atoms with Crippen LogP contribution in [0.4, 0.5) is 22.0 Å². The Morgan fingerprint density at radius 3 is 2.28 bits per heavy atom. The fourth-order valence-electron chi connectivity index (χ4n) is 4.95. The number of halogens is 5. The topological polar surface area (TPSA) is 88.2 Å². The van der Waals surface area contributed by atoms with Crippen LogP contribution in [-0.4, -0.2) is 61.9 Å². The molecule has 2 amide bonds. The molecule has 252 valence electrons. The number of nitrogens with zero attached hydrogens (tertiary/aromatic N) is 2. The predicted molar refractivity (Wildman–Crippen MR) is 165 cm³/mol. The number of carbonyl (C=O) groups is 3. The van der Waals surface area contributed by atoms with Gasteiger partial charge in [-0.05, 0) is 43.7 Å². The van der Waals surface area contributed by atoms with Gasteiger partial charge in [0.05, 0.1) is 31.4 Å². The van der Waals surface area contributed by atoms with Gasteiger partial charge in [0.2, 0.25) is 6.41 Å². The molecule has 1 N–H and O–H groups in total. The first-order valence-electron chi connectivity index (χ1n) is 14.6. The second-order valence-corrected chi connectivity index (χ2v) is 10.6. The molecule has 0 radical (unpaired) electrons. The number of alkyl halides is 3. The SMILES string of the molecule is COc1cccc(/C(C(=O)N(C)C[C@H](NCCCOC(C)=O)c2ccccc2)=C(\C)N(C=O)Cc2c(F)cccc2C(F)(F)F)c1F. The minimum atomic E-state index is -4.93. The summed E-state index contributed by atoms with van der Waals surface area (Å²) in [7, 11) is 2.67. The van der Waals surface area contributed by atoms with Crippen molar-refractivity contribution in [2.75, 3.05) is 33.9 Å². The monoisotopic (exact) mass is 661 g/mol. The van der Waals surface area contributed by atoms with Crippen molar-refractivity contribution in [1.82, 2.24) is 15.1 Å². The van der Waals surface area contributed by atoms with Crippen LogP contribution in [-0.2, 0) is 31.8 Å². The second-order valence-electron chi connectivity index (χ2n) is 10.6. The molecule has 0 heterocycles. The molecule has 0 aromatic heterocycles. The maximum atomic E-state index is 15.7. The molecule has 0 aliphatic carbocycles. The van der Waals surface area contributed by atoms with E-state index in [2.05, 4.69) is 5.32 Å². The van der Waals surface area contributed by atoms with Crippen LogP contribution in [0.1, 0.15) is 48.6 Å². The number of amides is 2. The molecule has 13 heteroatoms. The Labute approximate surface area is 269 Å². The lowest BCUT2D eigenvalue weighted by Gasteiger charge is -2.29. The summed E-state index contributed by atoms with van der Waals surface area (Å²) in [6.45, 7) is 2.30. The molecule has 0 fully saturated rings. The van der Waals surface area contributed by atoms with Gasteiger partial charge in [-0.2, -0.15) is 13.2 Å². The molecule has 0 saturated heterocycles. The van der Waals surface area contributed by atoms with Gasteiger partial charge < -0.3 is 24.6 Å². The third kappa shape index (κ3) is 9.61. The van der Waals surface area contributed by atoms with Gasteiger partial charge in [-0.3, -0.25) is 14.4 Å². The number of likely N-dealkylation sites (N-methyl/N-ethyl adjacent to an activating group) is 1. The zero-order chi connectivity index (χ0) is 34.7. The van der Waals surface area contributed by atoms with E-state index >= 15 is 4.39 Å². The highest BCUT2D eigenvalue weighted by Gasteiger charge is 2.35. The summed E-state index contributed by atoms with van der Waals surface area (Å²) < 4.78 is 81.9. The number of allylic oxidation sites excluding steroid dienone is 1. The number of hydrogen-bond donors (Lipinski definition) is 1. The van der Waals surface area contributed by atoms with E-state index in [1.54, 1.807) is 0 Å². The van der Waals surface area contributed by atoms with Gasteiger partial charge >= 0.3 is 12.1 Å². The van der Waals surface area contributed by atoms with E-state index in [0.717, 1.165) is 22.6 Å². The predicted octanol–water partition coefficient (Wildman–Crippen LogP) is 6.12. The molecular weight excluding hydrogens is 625 g/mol. The maximum absolute atomic E-state index is 15.7. The summed E-state index contributed by atoms with van der Waals surface area (Å²) in [6, 6.07) is 15.1. The van der Waals surface area contributed by atoms with Crippen molar-refractivity contribution in [1.29, 1.82) is 0 Å². The van der Waals surface area contributed by atoms with Gasteiger partial charge in [0, 0.05) is 43.4 Å². The maximum Gasteiger partial charge on any atom is 0.416 e. The summed E-state index contributed by atoms with van der Waals surface area (Å²) in [5, 5.41) is 3.32. The van der Waals surface area contributed by atoms with Crippen LogP contribution < -0.4 is 10.1 Å². The fraction of sp³-hybridized carbons (Fsp3) is 0.324. The van der Waals surface area contributed by atoms with Crippen molar-refractivity contribution in [2.45, 2.75) is 39.0 Å². The van der Waals surface area contributed by atoms with Crippen LogP contribution in [0.3, 0.4) is 0 Å². The first kappa shape index (κ1) is 36.7. The molecule has 0 aliphatic heterocycles. The number of nitrogens with one attached hydrogen (secondary N) is 1. The van der Waals surface area contributed by atoms with Crippen LogP contribution in [0.2, 0.25) is 0 Å². The molecule has 0 unspecified atom stereocenters. The molecule has 0 saturated carbocycles. The van der Waals surface area contributed by atoms with Crippen LogP contribution in [0, 0.1) is 11.6 Å². The number of benzene rings is 3. The van der Waals surface area contributed by atoms with Crippen molar-refractivity contribution < 1.29 is 45.8 Å². The summed E-state index contributed by atoms with van der Waals surface area (Å²) in [6.07, 6.45) is -4.30. The van der Waals surface area contributed by atoms with Gasteiger partial charge in [-0.1, -0.05) is 48.5 Å². The minimum Gasteiger partial charge on any atom is -0.494 e. The van der Waals surface area contributed by atoms with Crippen LogP contribution in [0.5, 0.6) is 5.75 Å². The van der Waals surface area contributed by atoms with Gasteiger partial charge in [0.15, 0.2) is 11.6 Å². The number of hydrogen-bond acceptors (Lipinski definition) is 6. The van der Waals surface area contributed by atoms with Gasteiger partial charge in [0.1, 0.15) is 5.82 Å². The zero-order valence-electron chi connectivity index (χ0n) is 26.4. The molecule has 0 aliphatic rings. The molecular formula is C34H36F5N3O5. The van der Waals surface area contributed by atoms with E-state index in [1.165, 1.54) is 51.1 Å². The van der Waals surface area contributed by atoms with Crippen molar-refractivity contribution in [3.63, 3.8) is 0 Å². The van der Waals surface area contributed by atoms with E-state index in [4.69, 9.17) is 9.47 Å². The summed E-state index contributed by atoms with van der Waals surface area (Å²) in [5.41, 5.74) is -2.14. The Morgan fingerprint density at radius 2 is 1.66 bits per heavy atom. The Hall–Kier alpha value is -4.78. The third-order valence-electron chi connectivity index (χ3n) is 7.36. The van der Waals surface area contributed by atoms with Gasteiger partial charge in [-0.25, -0.2) is 8.78 Å². The Morgan fingerprint density at radius 1 is 0.979 bits per heavy atom. The van der Waals surface area contributed by atoms with E-state index in [1.807, 2.05) is 30.3 Å². The van der Waals surface area contributed by atoms with Gasteiger partial charge in [-0.15, -0.1) is 0 Å². The molecule has 8 nitrogen and oxygen atoms in total. The smallest absolute Gasteiger partial charge is 0.416 e. The summed E-state index contributed by atoms with van der Waals surface area (Å²) in [4.78, 5) is 39.7. The Kier molecular flexibility index (Phi) is 13.0. The van der Waals surface area contributed by atoms with Gasteiger partial charge in [0.25, 0.3) is 5.91 Å². The highest BCUT2D eigenvalue weighted by Crippen LogP contribution is 2.35. The average Bonchev–Trinajstić information content (AvgIpc) is 3.03. The van der Waals surface area contributed by atoms with Crippen molar-refractivity contribution in [2.24, 2.45) is 0 Å². The Bertz CT molecular complexity index is 1580. The largest absolute Gasteiger partial charge is 0.494 e. The van der Waals surface area contributed by atoms with Crippen LogP contribution in [0.15, 0.2) is 72.4 Å². The number of methoxy groups -OCH3 is 1. The van der Waals surface area contributed by atoms with Crippen LogP contribution in [0.25, 0.3) is 5.57 Å². The highest BCUT2D eigenvalue weighted by molar-refractivity contribution is 6.20. The fourth-order valence-corrected chi connectivity index (χ4v) is 4.95. The molecule has 0 spiro atoms. The van der Waals surface area contributed by atoms with Crippen molar-refractivity contribution in [3.8, 4) is 5.75 Å². The molecule has 47 heavy (non-hydrogen) atoms. The second kappa shape index (κ2) is 16.7. The number of esters is 1. The number of carbonyl (C=O) groups excluding carboxylic acids is 3. The standard InChI is InChI=1S/C34H36F5N3O5/c1-22(42(21-43)19-26-27(34(37,38)39)14-9-15-28(26)35)31(25-13-8-16-30(46-4)32(25)36)33(45)41(3)20-29(24-11-6-5-7-12-24)40-17-10-18-47-23(2)44/h5-9,11-16,21,29,40H,10,17-20H2,1-4H3/b31-22-/t29-/m0/s1. The molecule has 3 rings (SSSR count). The first-order valence-corrected chi connectivity index (χ1v) is 14.6. The minimum absolute atomic E-state index is 0.0331. The number of ether oxygens (including phenoxy) is 2. The Balaban J connectivity index is 2.06. The summed E-state index contributed by atoms with van der Waals surface area (Å²) >= 11 is 0. The van der Waals surface area contributed by atoms with E-state index in [-0.39, 0.29) is 42.1 Å². The quantitative estimate of drug-likeness (QED) is 0.0694. The van der Waals surface area contributed by atoms with Crippen molar-refractivity contribution in [3.05, 3.63) is 106 Å². The average molecular weight is 662 g/mol. The lowest BCUT2D eigenvalue weighted by Crippen LogP contribution is -2.38. The molecule has 1 atom stereocenters. The van der Waals surface area contributed by atoms with E-state index in [0.29, 0.717) is 19.0 Å². The lowest BCUT2D eigenvalue weighted by molar-refractivity contribution is -0.141. The molecule has 0 bridgehead atoms. The van der Waals surface area contributed by atoms with E-state index in [9.17, 15) is 31.9 Å². The highest BCUT2D eigenvalue weighted by atomic mass is 19.4. The molecule has 3 aromatic carbocycles. The van der Waals surface area contributed by atoms with Crippen LogP contribution >= 0.6 is 0 Å².